The van der Waals surface area contributed by atoms with Crippen molar-refractivity contribution < 1.29 is 34.0 Å². The van der Waals surface area contributed by atoms with E-state index in [9.17, 15) is 15.0 Å². The van der Waals surface area contributed by atoms with Crippen LogP contribution in [0.1, 0.15) is 73.3 Å². The van der Waals surface area contributed by atoms with Gasteiger partial charge in [-0.05, 0) is 81.4 Å². The van der Waals surface area contributed by atoms with Crippen LogP contribution >= 0.6 is 0 Å². The van der Waals surface area contributed by atoms with E-state index >= 15 is 0 Å². The Kier molecular flexibility index (Phi) is 15.1. The van der Waals surface area contributed by atoms with Crippen LogP contribution < -0.4 is 14.8 Å². The topological polar surface area (TPSA) is 106 Å². The molecule has 8 heteroatoms. The fraction of sp³-hybridized carbons (Fsp3) is 0.767. The Hall–Kier alpha value is -2.03. The molecule has 0 spiro atoms. The summed E-state index contributed by atoms with van der Waals surface area (Å²) in [5, 5.41) is 24.0. The van der Waals surface area contributed by atoms with Crippen molar-refractivity contribution in [2.75, 3.05) is 34.0 Å². The number of nitrogens with one attached hydrogen (secondary N) is 1. The Bertz CT molecular complexity index is 806. The zero-order valence-corrected chi connectivity index (χ0v) is 25.1. The number of rotatable bonds is 17. The lowest BCUT2D eigenvalue weighted by atomic mass is 9.81. The van der Waals surface area contributed by atoms with Crippen molar-refractivity contribution in [2.24, 2.45) is 23.7 Å². The molecule has 0 aromatic heterocycles. The molecule has 0 saturated carbocycles. The standard InChI is InChI=1S/C30H53NO7/c1-20(2)23(15-22-11-12-27(36-9)28(16-22)37-14-10-13-35-8)17-25(31-29(34)38-30(5,6)7)26(33)18-24(19-32)21(3)4/h11-12,16,20-21,23-26,32-33H,10,13-15,17-19H2,1-9H3,(H,31,34)/t23-,24-,25+,26-/m1/s1. The molecule has 4 atom stereocenters. The molecule has 1 aromatic carbocycles. The van der Waals surface area contributed by atoms with Crippen molar-refractivity contribution in [1.29, 1.82) is 0 Å². The lowest BCUT2D eigenvalue weighted by molar-refractivity contribution is 0.0298. The van der Waals surface area contributed by atoms with Gasteiger partial charge >= 0.3 is 6.09 Å². The second-order valence-electron chi connectivity index (χ2n) is 11.9. The molecule has 1 aromatic rings. The molecule has 8 nitrogen and oxygen atoms in total. The van der Waals surface area contributed by atoms with E-state index in [1.807, 2.05) is 52.8 Å². The predicted octanol–water partition coefficient (Wildman–Crippen LogP) is 5.22. The smallest absolute Gasteiger partial charge is 0.407 e. The van der Waals surface area contributed by atoms with E-state index in [-0.39, 0.29) is 30.3 Å². The van der Waals surface area contributed by atoms with Gasteiger partial charge in [-0.1, -0.05) is 33.8 Å². The van der Waals surface area contributed by atoms with Crippen LogP contribution in [0.4, 0.5) is 4.79 Å². The number of ether oxygens (including phenoxy) is 4. The maximum Gasteiger partial charge on any atom is 0.407 e. The lowest BCUT2D eigenvalue weighted by Crippen LogP contribution is -2.48. The van der Waals surface area contributed by atoms with E-state index < -0.39 is 23.8 Å². The van der Waals surface area contributed by atoms with Crippen LogP contribution in [0.2, 0.25) is 0 Å². The van der Waals surface area contributed by atoms with Crippen LogP contribution in [0.3, 0.4) is 0 Å². The first-order valence-corrected chi connectivity index (χ1v) is 13.9. The van der Waals surface area contributed by atoms with Gasteiger partial charge in [0.05, 0.1) is 25.9 Å². The van der Waals surface area contributed by atoms with Crippen molar-refractivity contribution in [3.8, 4) is 11.5 Å². The largest absolute Gasteiger partial charge is 0.493 e. The minimum atomic E-state index is -0.820. The molecule has 3 N–H and O–H groups in total. The summed E-state index contributed by atoms with van der Waals surface area (Å²) in [7, 11) is 3.29. The van der Waals surface area contributed by atoms with Crippen LogP contribution in [-0.2, 0) is 15.9 Å². The van der Waals surface area contributed by atoms with E-state index in [0.29, 0.717) is 37.6 Å². The number of carbonyl (C=O) groups is 1. The van der Waals surface area contributed by atoms with Crippen LogP contribution in [0, 0.1) is 23.7 Å². The fourth-order valence-corrected chi connectivity index (χ4v) is 4.37. The molecule has 0 aliphatic heterocycles. The minimum absolute atomic E-state index is 0.0134. The lowest BCUT2D eigenvalue weighted by Gasteiger charge is -2.33. The van der Waals surface area contributed by atoms with E-state index in [4.69, 9.17) is 18.9 Å². The number of methoxy groups -OCH3 is 2. The summed E-state index contributed by atoms with van der Waals surface area (Å²) in [4.78, 5) is 12.7. The Labute approximate surface area is 230 Å². The van der Waals surface area contributed by atoms with Crippen molar-refractivity contribution in [3.05, 3.63) is 23.8 Å². The van der Waals surface area contributed by atoms with Gasteiger partial charge in [0, 0.05) is 26.7 Å². The SMILES string of the molecule is COCCCOc1cc(C[C@H](C[C@H](NC(=O)OC(C)(C)C)[C@H](O)C[C@H](CO)C(C)C)C(C)C)ccc1OC. The molecule has 38 heavy (non-hydrogen) atoms. The first kappa shape index (κ1) is 34.0. The van der Waals surface area contributed by atoms with Gasteiger partial charge in [-0.3, -0.25) is 0 Å². The Morgan fingerprint density at radius 1 is 0.974 bits per heavy atom. The van der Waals surface area contributed by atoms with Crippen molar-refractivity contribution in [1.82, 2.24) is 5.32 Å². The van der Waals surface area contributed by atoms with Gasteiger partial charge in [-0.15, -0.1) is 0 Å². The summed E-state index contributed by atoms with van der Waals surface area (Å²) in [6.45, 7) is 14.9. The number of aliphatic hydroxyl groups excluding tert-OH is 2. The highest BCUT2D eigenvalue weighted by Gasteiger charge is 2.31. The summed E-state index contributed by atoms with van der Waals surface area (Å²) in [5.41, 5.74) is 0.442. The number of aliphatic hydroxyl groups is 2. The van der Waals surface area contributed by atoms with Crippen molar-refractivity contribution in [2.45, 2.75) is 91.9 Å². The molecular formula is C30H53NO7. The van der Waals surface area contributed by atoms with E-state index in [1.54, 1.807) is 14.2 Å². The molecule has 0 heterocycles. The zero-order chi connectivity index (χ0) is 28.9. The zero-order valence-electron chi connectivity index (χ0n) is 25.1. The summed E-state index contributed by atoms with van der Waals surface area (Å²) in [6.07, 6.45) is 1.10. The molecule has 0 aliphatic carbocycles. The second-order valence-corrected chi connectivity index (χ2v) is 11.9. The molecule has 1 amide bonds. The highest BCUT2D eigenvalue weighted by atomic mass is 16.6. The number of carbonyl (C=O) groups excluding carboxylic acids is 1. The molecular weight excluding hydrogens is 486 g/mol. The Balaban J connectivity index is 3.13. The molecule has 0 bridgehead atoms. The van der Waals surface area contributed by atoms with Gasteiger partial charge in [-0.25, -0.2) is 4.79 Å². The summed E-state index contributed by atoms with van der Waals surface area (Å²) in [5.74, 6) is 1.96. The van der Waals surface area contributed by atoms with Crippen molar-refractivity contribution in [3.63, 3.8) is 0 Å². The number of hydrogen-bond donors (Lipinski definition) is 3. The normalized spacial score (nSPS) is 15.2. The Morgan fingerprint density at radius 3 is 2.16 bits per heavy atom. The van der Waals surface area contributed by atoms with Gasteiger partial charge in [0.1, 0.15) is 5.60 Å². The predicted molar refractivity (Wildman–Crippen MR) is 151 cm³/mol. The van der Waals surface area contributed by atoms with Crippen molar-refractivity contribution >= 4 is 6.09 Å². The van der Waals surface area contributed by atoms with Gasteiger partial charge in [0.2, 0.25) is 0 Å². The fourth-order valence-electron chi connectivity index (χ4n) is 4.37. The monoisotopic (exact) mass is 539 g/mol. The summed E-state index contributed by atoms with van der Waals surface area (Å²) < 4.78 is 22.1. The third-order valence-electron chi connectivity index (χ3n) is 6.86. The van der Waals surface area contributed by atoms with Gasteiger partial charge in [0.15, 0.2) is 11.5 Å². The maximum atomic E-state index is 12.7. The van der Waals surface area contributed by atoms with E-state index in [1.165, 1.54) is 0 Å². The minimum Gasteiger partial charge on any atom is -0.493 e. The average molecular weight is 540 g/mol. The third kappa shape index (κ3) is 12.7. The van der Waals surface area contributed by atoms with Gasteiger partial charge in [-0.2, -0.15) is 0 Å². The maximum absolute atomic E-state index is 12.7. The summed E-state index contributed by atoms with van der Waals surface area (Å²) >= 11 is 0. The average Bonchev–Trinajstić information content (AvgIpc) is 2.82. The molecule has 0 fully saturated rings. The number of amides is 1. The second kappa shape index (κ2) is 16.8. The van der Waals surface area contributed by atoms with Crippen LogP contribution in [0.5, 0.6) is 11.5 Å². The van der Waals surface area contributed by atoms with Crippen LogP contribution in [-0.4, -0.2) is 68.1 Å². The molecule has 0 saturated heterocycles. The number of hydrogen-bond acceptors (Lipinski definition) is 7. The highest BCUT2D eigenvalue weighted by molar-refractivity contribution is 5.68. The number of alkyl carbamates (subject to hydrolysis) is 1. The third-order valence-corrected chi connectivity index (χ3v) is 6.86. The molecule has 0 aliphatic rings. The van der Waals surface area contributed by atoms with E-state index in [2.05, 4.69) is 19.2 Å². The highest BCUT2D eigenvalue weighted by Crippen LogP contribution is 2.32. The molecule has 0 unspecified atom stereocenters. The first-order chi connectivity index (χ1) is 17.8. The first-order valence-electron chi connectivity index (χ1n) is 13.9. The van der Waals surface area contributed by atoms with Gasteiger partial charge in [0.25, 0.3) is 0 Å². The van der Waals surface area contributed by atoms with E-state index in [0.717, 1.165) is 18.4 Å². The molecule has 0 radical (unpaired) electrons. The summed E-state index contributed by atoms with van der Waals surface area (Å²) in [6, 6.07) is 5.43. The quantitative estimate of drug-likeness (QED) is 0.233. The Morgan fingerprint density at radius 2 is 1.63 bits per heavy atom. The molecule has 1 rings (SSSR count). The number of benzene rings is 1. The van der Waals surface area contributed by atoms with Gasteiger partial charge < -0.3 is 34.5 Å². The van der Waals surface area contributed by atoms with Crippen LogP contribution in [0.25, 0.3) is 0 Å². The van der Waals surface area contributed by atoms with Crippen LogP contribution in [0.15, 0.2) is 18.2 Å². The molecule has 220 valence electrons.